The van der Waals surface area contributed by atoms with Crippen LogP contribution in [0, 0.1) is 5.41 Å². The van der Waals surface area contributed by atoms with Gasteiger partial charge < -0.3 is 15.4 Å². The summed E-state index contributed by atoms with van der Waals surface area (Å²) in [7, 11) is 0. The minimum Gasteiger partial charge on any atom is -0.481 e. The Balaban J connectivity index is 0.00000312. The molecule has 0 bridgehead atoms. The molecule has 1 aliphatic heterocycles. The van der Waals surface area contributed by atoms with Gasteiger partial charge in [0.1, 0.15) is 5.75 Å². The standard InChI is InChI=1S/C20H32N2O2.ClH/c1-14(18(23)22-11-10-17(21)20(5,6)13-22)24-16-9-7-8-15(12-16)19(2,3)4;/h7-9,12,14,17H,10-11,13,21H2,1-6H3;1H. The lowest BCUT2D eigenvalue weighted by molar-refractivity contribution is -0.141. The highest BCUT2D eigenvalue weighted by Gasteiger charge is 2.36. The molecule has 1 fully saturated rings. The van der Waals surface area contributed by atoms with E-state index in [1.807, 2.05) is 30.0 Å². The summed E-state index contributed by atoms with van der Waals surface area (Å²) >= 11 is 0. The van der Waals surface area contributed by atoms with E-state index in [-0.39, 0.29) is 35.2 Å². The van der Waals surface area contributed by atoms with Gasteiger partial charge in [0.15, 0.2) is 6.10 Å². The van der Waals surface area contributed by atoms with Crippen LogP contribution in [0.2, 0.25) is 0 Å². The fraction of sp³-hybridized carbons (Fsp3) is 0.650. The molecule has 0 spiro atoms. The van der Waals surface area contributed by atoms with Crippen LogP contribution in [0.25, 0.3) is 0 Å². The predicted molar refractivity (Wildman–Crippen MR) is 105 cm³/mol. The summed E-state index contributed by atoms with van der Waals surface area (Å²) in [5.74, 6) is 0.785. The second-order valence-electron chi connectivity index (χ2n) is 8.68. The molecule has 1 saturated heterocycles. The summed E-state index contributed by atoms with van der Waals surface area (Å²) in [6.07, 6.45) is 0.343. The first-order valence-electron chi connectivity index (χ1n) is 8.82. The van der Waals surface area contributed by atoms with Crippen LogP contribution in [-0.4, -0.2) is 36.0 Å². The van der Waals surface area contributed by atoms with Crippen molar-refractivity contribution in [3.05, 3.63) is 29.8 Å². The lowest BCUT2D eigenvalue weighted by Gasteiger charge is -2.43. The lowest BCUT2D eigenvalue weighted by Crippen LogP contribution is -2.56. The number of hydrogen-bond donors (Lipinski definition) is 1. The molecule has 2 unspecified atom stereocenters. The average Bonchev–Trinajstić information content (AvgIpc) is 2.48. The Bertz CT molecular complexity index is 596. The molecule has 1 heterocycles. The summed E-state index contributed by atoms with van der Waals surface area (Å²) < 4.78 is 5.94. The van der Waals surface area contributed by atoms with Crippen molar-refractivity contribution in [2.24, 2.45) is 11.1 Å². The molecule has 5 heteroatoms. The monoisotopic (exact) mass is 368 g/mol. The van der Waals surface area contributed by atoms with Gasteiger partial charge in [-0.2, -0.15) is 0 Å². The van der Waals surface area contributed by atoms with Crippen molar-refractivity contribution >= 4 is 18.3 Å². The minimum absolute atomic E-state index is 0. The highest BCUT2D eigenvalue weighted by atomic mass is 35.5. The van der Waals surface area contributed by atoms with E-state index in [4.69, 9.17) is 10.5 Å². The minimum atomic E-state index is -0.495. The third kappa shape index (κ3) is 5.35. The third-order valence-corrected chi connectivity index (χ3v) is 4.98. The van der Waals surface area contributed by atoms with E-state index in [2.05, 4.69) is 40.7 Å². The first-order valence-corrected chi connectivity index (χ1v) is 8.82. The van der Waals surface area contributed by atoms with Crippen LogP contribution in [0.15, 0.2) is 24.3 Å². The number of rotatable bonds is 3. The van der Waals surface area contributed by atoms with Gasteiger partial charge in [0.2, 0.25) is 0 Å². The largest absolute Gasteiger partial charge is 0.481 e. The maximum Gasteiger partial charge on any atom is 0.263 e. The van der Waals surface area contributed by atoms with E-state index in [0.29, 0.717) is 13.1 Å². The van der Waals surface area contributed by atoms with Crippen molar-refractivity contribution in [1.82, 2.24) is 4.90 Å². The summed E-state index contributed by atoms with van der Waals surface area (Å²) in [5.41, 5.74) is 7.36. The van der Waals surface area contributed by atoms with Gasteiger partial charge >= 0.3 is 0 Å². The summed E-state index contributed by atoms with van der Waals surface area (Å²) in [6.45, 7) is 14.0. The molecule has 2 rings (SSSR count). The quantitative estimate of drug-likeness (QED) is 0.883. The summed E-state index contributed by atoms with van der Waals surface area (Å²) in [4.78, 5) is 14.6. The molecule has 0 saturated carbocycles. The van der Waals surface area contributed by atoms with Crippen LogP contribution >= 0.6 is 12.4 Å². The van der Waals surface area contributed by atoms with Gasteiger partial charge in [0, 0.05) is 19.1 Å². The van der Waals surface area contributed by atoms with Gasteiger partial charge in [-0.15, -0.1) is 12.4 Å². The Morgan fingerprint density at radius 3 is 2.56 bits per heavy atom. The molecule has 0 aromatic heterocycles. The van der Waals surface area contributed by atoms with Gasteiger partial charge in [0.25, 0.3) is 5.91 Å². The first-order chi connectivity index (χ1) is 11.0. The highest BCUT2D eigenvalue weighted by Crippen LogP contribution is 2.29. The molecule has 1 aromatic rings. The van der Waals surface area contributed by atoms with E-state index in [9.17, 15) is 4.79 Å². The first kappa shape index (κ1) is 21.8. The van der Waals surface area contributed by atoms with Gasteiger partial charge in [-0.1, -0.05) is 46.8 Å². The molecule has 0 radical (unpaired) electrons. The zero-order valence-electron chi connectivity index (χ0n) is 16.3. The topological polar surface area (TPSA) is 55.6 Å². The maximum atomic E-state index is 12.7. The van der Waals surface area contributed by atoms with Crippen LogP contribution in [0.5, 0.6) is 5.75 Å². The van der Waals surface area contributed by atoms with Crippen LogP contribution in [0.4, 0.5) is 0 Å². The zero-order chi connectivity index (χ0) is 18.1. The van der Waals surface area contributed by atoms with Crippen LogP contribution in [0.1, 0.15) is 53.5 Å². The SMILES string of the molecule is CC(Oc1cccc(C(C)(C)C)c1)C(=O)N1CCC(N)C(C)(C)C1.Cl. The van der Waals surface area contributed by atoms with Crippen LogP contribution in [-0.2, 0) is 10.2 Å². The van der Waals surface area contributed by atoms with Gasteiger partial charge in [-0.05, 0) is 41.9 Å². The second kappa shape index (κ2) is 7.96. The molecule has 25 heavy (non-hydrogen) atoms. The Labute approximate surface area is 158 Å². The fourth-order valence-corrected chi connectivity index (χ4v) is 3.11. The number of hydrogen-bond acceptors (Lipinski definition) is 3. The summed E-state index contributed by atoms with van der Waals surface area (Å²) in [6, 6.07) is 8.15. The van der Waals surface area contributed by atoms with Crippen molar-refractivity contribution < 1.29 is 9.53 Å². The lowest BCUT2D eigenvalue weighted by atomic mass is 9.79. The molecule has 1 aromatic carbocycles. The maximum absolute atomic E-state index is 12.7. The molecule has 1 aliphatic rings. The van der Waals surface area contributed by atoms with Crippen LogP contribution in [0.3, 0.4) is 0 Å². The van der Waals surface area contributed by atoms with E-state index in [1.54, 1.807) is 0 Å². The number of ether oxygens (including phenoxy) is 1. The number of likely N-dealkylation sites (tertiary alicyclic amines) is 1. The molecule has 142 valence electrons. The van der Waals surface area contributed by atoms with Crippen molar-refractivity contribution in [3.63, 3.8) is 0 Å². The van der Waals surface area contributed by atoms with Crippen molar-refractivity contribution in [2.75, 3.05) is 13.1 Å². The Morgan fingerprint density at radius 2 is 2.00 bits per heavy atom. The number of carbonyl (C=O) groups is 1. The van der Waals surface area contributed by atoms with Gasteiger partial charge in [-0.25, -0.2) is 0 Å². The molecule has 2 N–H and O–H groups in total. The van der Waals surface area contributed by atoms with E-state index in [0.717, 1.165) is 12.2 Å². The number of nitrogens with zero attached hydrogens (tertiary/aromatic N) is 1. The van der Waals surface area contributed by atoms with Crippen molar-refractivity contribution in [3.8, 4) is 5.75 Å². The third-order valence-electron chi connectivity index (χ3n) is 4.98. The number of amides is 1. The molecule has 4 nitrogen and oxygen atoms in total. The summed E-state index contributed by atoms with van der Waals surface area (Å²) in [5, 5.41) is 0. The van der Waals surface area contributed by atoms with Crippen molar-refractivity contribution in [1.29, 1.82) is 0 Å². The van der Waals surface area contributed by atoms with E-state index >= 15 is 0 Å². The van der Waals surface area contributed by atoms with Gasteiger partial charge in [-0.3, -0.25) is 4.79 Å². The Hall–Kier alpha value is -1.26. The number of halogens is 1. The zero-order valence-corrected chi connectivity index (χ0v) is 17.2. The highest BCUT2D eigenvalue weighted by molar-refractivity contribution is 5.85. The van der Waals surface area contributed by atoms with E-state index in [1.165, 1.54) is 5.56 Å². The fourth-order valence-electron chi connectivity index (χ4n) is 3.11. The molecule has 0 aliphatic carbocycles. The van der Waals surface area contributed by atoms with Crippen molar-refractivity contribution in [2.45, 2.75) is 65.5 Å². The van der Waals surface area contributed by atoms with Crippen LogP contribution < -0.4 is 10.5 Å². The smallest absolute Gasteiger partial charge is 0.263 e. The normalized spacial score (nSPS) is 21.2. The molecular weight excluding hydrogens is 336 g/mol. The number of nitrogens with two attached hydrogens (primary N) is 1. The Kier molecular flexibility index (Phi) is 6.94. The average molecular weight is 369 g/mol. The molecule has 2 atom stereocenters. The number of carbonyl (C=O) groups excluding carboxylic acids is 1. The molecular formula is C20H33ClN2O2. The number of piperidine rings is 1. The second-order valence-corrected chi connectivity index (χ2v) is 8.68. The predicted octanol–water partition coefficient (Wildman–Crippen LogP) is 3.76. The van der Waals surface area contributed by atoms with E-state index < -0.39 is 6.10 Å². The number of benzene rings is 1. The Morgan fingerprint density at radius 1 is 1.36 bits per heavy atom. The van der Waals surface area contributed by atoms with Gasteiger partial charge in [0.05, 0.1) is 0 Å². The molecule has 1 amide bonds.